The lowest BCUT2D eigenvalue weighted by Crippen LogP contribution is -1.97. The first-order valence-electron chi connectivity index (χ1n) is 14.1. The molecule has 6 aromatic carbocycles. The fraction of sp³-hybridized carbons (Fsp3) is 0. The summed E-state index contributed by atoms with van der Waals surface area (Å²) in [4.78, 5) is 15.1. The Labute approximate surface area is 243 Å². The monoisotopic (exact) mass is 535 g/mol. The SMILES string of the molecule is c1ccc(-c2cc(-c3ccc4ccccc4n3)nc(-c3cccc(-c4cc5ccccc5c5ccccc45)c3)n2)cc1. The first-order chi connectivity index (χ1) is 20.8. The van der Waals surface area contributed by atoms with Crippen LogP contribution in [-0.4, -0.2) is 15.0 Å². The van der Waals surface area contributed by atoms with Gasteiger partial charge in [-0.3, -0.25) is 0 Å². The Balaban J connectivity index is 1.32. The van der Waals surface area contributed by atoms with E-state index in [0.29, 0.717) is 5.82 Å². The first kappa shape index (κ1) is 24.2. The Morgan fingerprint density at radius 2 is 1.00 bits per heavy atom. The molecule has 0 saturated heterocycles. The van der Waals surface area contributed by atoms with Gasteiger partial charge in [-0.1, -0.05) is 121 Å². The molecule has 196 valence electrons. The molecule has 2 heterocycles. The molecule has 0 radical (unpaired) electrons. The third kappa shape index (κ3) is 4.29. The minimum Gasteiger partial charge on any atom is -0.246 e. The predicted octanol–water partition coefficient (Wildman–Crippen LogP) is 10.00. The molecule has 0 saturated carbocycles. The van der Waals surface area contributed by atoms with Gasteiger partial charge in [-0.15, -0.1) is 0 Å². The molecular formula is C39H25N3. The van der Waals surface area contributed by atoms with Crippen LogP contribution in [0.5, 0.6) is 0 Å². The molecule has 0 unspecified atom stereocenters. The molecule has 42 heavy (non-hydrogen) atoms. The number of pyridine rings is 1. The number of nitrogens with zero attached hydrogens (tertiary/aromatic N) is 3. The molecule has 3 heteroatoms. The molecule has 0 N–H and O–H groups in total. The normalized spacial score (nSPS) is 11.3. The molecule has 0 aliphatic rings. The lowest BCUT2D eigenvalue weighted by atomic mass is 9.92. The van der Waals surface area contributed by atoms with Crippen molar-refractivity contribution in [3.8, 4) is 45.2 Å². The van der Waals surface area contributed by atoms with E-state index >= 15 is 0 Å². The van der Waals surface area contributed by atoms with E-state index in [4.69, 9.17) is 15.0 Å². The van der Waals surface area contributed by atoms with Gasteiger partial charge in [0, 0.05) is 16.5 Å². The zero-order valence-corrected chi connectivity index (χ0v) is 22.8. The third-order valence-electron chi connectivity index (χ3n) is 7.86. The molecule has 0 fully saturated rings. The van der Waals surface area contributed by atoms with Crippen molar-refractivity contribution in [2.45, 2.75) is 0 Å². The highest BCUT2D eigenvalue weighted by molar-refractivity contribution is 6.13. The van der Waals surface area contributed by atoms with Crippen LogP contribution in [0.2, 0.25) is 0 Å². The maximum Gasteiger partial charge on any atom is 0.160 e. The van der Waals surface area contributed by atoms with Gasteiger partial charge in [0.05, 0.1) is 22.6 Å². The number of fused-ring (bicyclic) bond motifs is 4. The van der Waals surface area contributed by atoms with Crippen molar-refractivity contribution in [3.63, 3.8) is 0 Å². The van der Waals surface area contributed by atoms with E-state index in [-0.39, 0.29) is 0 Å². The topological polar surface area (TPSA) is 38.7 Å². The van der Waals surface area contributed by atoms with Crippen LogP contribution in [0.15, 0.2) is 152 Å². The number of hydrogen-bond donors (Lipinski definition) is 0. The van der Waals surface area contributed by atoms with Crippen molar-refractivity contribution >= 4 is 32.4 Å². The van der Waals surface area contributed by atoms with Crippen molar-refractivity contribution in [2.75, 3.05) is 0 Å². The zero-order chi connectivity index (χ0) is 27.9. The Bertz CT molecular complexity index is 2250. The maximum atomic E-state index is 5.08. The quantitative estimate of drug-likeness (QED) is 0.211. The van der Waals surface area contributed by atoms with Crippen molar-refractivity contribution < 1.29 is 0 Å². The lowest BCUT2D eigenvalue weighted by Gasteiger charge is -2.13. The van der Waals surface area contributed by atoms with Crippen molar-refractivity contribution in [1.29, 1.82) is 0 Å². The van der Waals surface area contributed by atoms with Gasteiger partial charge in [-0.05, 0) is 63.0 Å². The summed E-state index contributed by atoms with van der Waals surface area (Å²) in [5.74, 6) is 0.674. The highest BCUT2D eigenvalue weighted by Gasteiger charge is 2.14. The summed E-state index contributed by atoms with van der Waals surface area (Å²) in [6, 6.07) is 52.7. The van der Waals surface area contributed by atoms with Crippen molar-refractivity contribution in [2.24, 2.45) is 0 Å². The van der Waals surface area contributed by atoms with Crippen LogP contribution in [0.25, 0.3) is 77.6 Å². The molecule has 0 aliphatic heterocycles. The summed E-state index contributed by atoms with van der Waals surface area (Å²) < 4.78 is 0. The van der Waals surface area contributed by atoms with Gasteiger partial charge >= 0.3 is 0 Å². The van der Waals surface area contributed by atoms with E-state index < -0.39 is 0 Å². The van der Waals surface area contributed by atoms with Gasteiger partial charge in [0.15, 0.2) is 5.82 Å². The zero-order valence-electron chi connectivity index (χ0n) is 22.8. The minimum atomic E-state index is 0.674. The van der Waals surface area contributed by atoms with Crippen LogP contribution in [0.3, 0.4) is 0 Å². The van der Waals surface area contributed by atoms with E-state index in [2.05, 4.69) is 103 Å². The largest absolute Gasteiger partial charge is 0.246 e. The Morgan fingerprint density at radius 3 is 1.88 bits per heavy atom. The molecule has 8 aromatic rings. The fourth-order valence-corrected chi connectivity index (χ4v) is 5.79. The molecule has 3 nitrogen and oxygen atoms in total. The summed E-state index contributed by atoms with van der Waals surface area (Å²) >= 11 is 0. The van der Waals surface area contributed by atoms with Gasteiger partial charge in [0.2, 0.25) is 0 Å². The van der Waals surface area contributed by atoms with Gasteiger partial charge in [-0.2, -0.15) is 0 Å². The molecule has 0 bridgehead atoms. The maximum absolute atomic E-state index is 5.08. The second kappa shape index (κ2) is 10.1. The van der Waals surface area contributed by atoms with Gasteiger partial charge < -0.3 is 0 Å². The lowest BCUT2D eigenvalue weighted by molar-refractivity contribution is 1.17. The van der Waals surface area contributed by atoms with Crippen LogP contribution in [-0.2, 0) is 0 Å². The third-order valence-corrected chi connectivity index (χ3v) is 7.86. The summed E-state index contributed by atoms with van der Waals surface area (Å²) in [5.41, 5.74) is 7.77. The van der Waals surface area contributed by atoms with Gasteiger partial charge in [-0.25, -0.2) is 15.0 Å². The standard InChI is InChI=1S/C39H25N3/c1-2-11-26(12-3-1)37-25-38(36-22-21-27-13-5-9-20-35(27)40-36)42-39(41-37)30-16-10-15-28(23-30)34-24-29-14-4-6-17-31(29)32-18-7-8-19-33(32)34/h1-25H. The van der Waals surface area contributed by atoms with Crippen molar-refractivity contribution in [3.05, 3.63) is 152 Å². The summed E-state index contributed by atoms with van der Waals surface area (Å²) in [6.07, 6.45) is 0. The Morgan fingerprint density at radius 1 is 0.333 bits per heavy atom. The van der Waals surface area contributed by atoms with Crippen LogP contribution < -0.4 is 0 Å². The average molecular weight is 536 g/mol. The van der Waals surface area contributed by atoms with E-state index in [0.717, 1.165) is 44.7 Å². The molecule has 2 aromatic heterocycles. The Hall–Kier alpha value is -5.67. The first-order valence-corrected chi connectivity index (χ1v) is 14.1. The van der Waals surface area contributed by atoms with E-state index in [9.17, 15) is 0 Å². The summed E-state index contributed by atoms with van der Waals surface area (Å²) in [5, 5.41) is 6.08. The molecule has 8 rings (SSSR count). The highest BCUT2D eigenvalue weighted by atomic mass is 14.9. The van der Waals surface area contributed by atoms with Crippen molar-refractivity contribution in [1.82, 2.24) is 15.0 Å². The van der Waals surface area contributed by atoms with Gasteiger partial charge in [0.1, 0.15) is 0 Å². The van der Waals surface area contributed by atoms with Crippen LogP contribution >= 0.6 is 0 Å². The molecule has 0 aliphatic carbocycles. The summed E-state index contributed by atoms with van der Waals surface area (Å²) in [6.45, 7) is 0. The molecule has 0 amide bonds. The summed E-state index contributed by atoms with van der Waals surface area (Å²) in [7, 11) is 0. The number of rotatable bonds is 4. The number of aromatic nitrogens is 3. The van der Waals surface area contributed by atoms with E-state index in [1.165, 1.54) is 27.1 Å². The number of benzene rings is 6. The van der Waals surface area contributed by atoms with Crippen LogP contribution in [0.4, 0.5) is 0 Å². The number of para-hydroxylation sites is 1. The molecule has 0 spiro atoms. The molecule has 0 atom stereocenters. The Kier molecular flexibility index (Phi) is 5.79. The second-order valence-corrected chi connectivity index (χ2v) is 10.5. The van der Waals surface area contributed by atoms with Crippen LogP contribution in [0, 0.1) is 0 Å². The average Bonchev–Trinajstić information content (AvgIpc) is 3.08. The van der Waals surface area contributed by atoms with Gasteiger partial charge in [0.25, 0.3) is 0 Å². The van der Waals surface area contributed by atoms with E-state index in [1.54, 1.807) is 0 Å². The highest BCUT2D eigenvalue weighted by Crippen LogP contribution is 2.36. The number of hydrogen-bond acceptors (Lipinski definition) is 3. The minimum absolute atomic E-state index is 0.674. The second-order valence-electron chi connectivity index (χ2n) is 10.5. The van der Waals surface area contributed by atoms with E-state index in [1.807, 2.05) is 48.5 Å². The smallest absolute Gasteiger partial charge is 0.160 e. The van der Waals surface area contributed by atoms with Crippen LogP contribution in [0.1, 0.15) is 0 Å². The molecular weight excluding hydrogens is 510 g/mol. The fourth-order valence-electron chi connectivity index (χ4n) is 5.79. The predicted molar refractivity (Wildman–Crippen MR) is 174 cm³/mol.